The first-order valence-electron chi connectivity index (χ1n) is 7.38. The highest BCUT2D eigenvalue weighted by Gasteiger charge is 2.21. The Bertz CT molecular complexity index is 441. The maximum Gasteiger partial charge on any atom is 0.342 e. The lowest BCUT2D eigenvalue weighted by atomic mass is 10.1. The molecular formula is C16H24NO3+. The van der Waals surface area contributed by atoms with Crippen molar-refractivity contribution in [3.8, 4) is 5.75 Å². The van der Waals surface area contributed by atoms with Gasteiger partial charge in [-0.25, -0.2) is 4.79 Å². The molecule has 0 amide bonds. The minimum atomic E-state index is -0.300. The standard InChI is InChI=1S/C16H23NO3/c1-13(12-17-10-6-3-7-11-17)20-16(18)14-8-4-5-9-15(14)19-2/h4-5,8-9,13H,3,6-7,10-12H2,1-2H3/p+1/t13-/m0/s1. The van der Waals surface area contributed by atoms with Crippen LogP contribution in [0.3, 0.4) is 0 Å². The van der Waals surface area contributed by atoms with Gasteiger partial charge in [-0.1, -0.05) is 12.1 Å². The monoisotopic (exact) mass is 278 g/mol. The van der Waals surface area contributed by atoms with E-state index in [2.05, 4.69) is 0 Å². The third-order valence-electron chi connectivity index (χ3n) is 3.77. The van der Waals surface area contributed by atoms with Crippen LogP contribution in [0.4, 0.5) is 0 Å². The van der Waals surface area contributed by atoms with Crippen molar-refractivity contribution in [2.45, 2.75) is 32.3 Å². The molecule has 1 atom stereocenters. The van der Waals surface area contributed by atoms with E-state index < -0.39 is 0 Å². The summed E-state index contributed by atoms with van der Waals surface area (Å²) in [7, 11) is 1.56. The predicted molar refractivity (Wildman–Crippen MR) is 77.3 cm³/mol. The van der Waals surface area contributed by atoms with Crippen LogP contribution in [0.25, 0.3) is 0 Å². The van der Waals surface area contributed by atoms with Crippen LogP contribution in [0.2, 0.25) is 0 Å². The zero-order valence-electron chi connectivity index (χ0n) is 12.4. The van der Waals surface area contributed by atoms with E-state index in [1.807, 2.05) is 19.1 Å². The molecule has 1 aliphatic heterocycles. The molecule has 0 aliphatic carbocycles. The average molecular weight is 278 g/mol. The van der Waals surface area contributed by atoms with Gasteiger partial charge in [-0.05, 0) is 38.3 Å². The van der Waals surface area contributed by atoms with Crippen LogP contribution < -0.4 is 9.64 Å². The molecule has 1 fully saturated rings. The fourth-order valence-corrected chi connectivity index (χ4v) is 2.76. The molecule has 0 spiro atoms. The summed E-state index contributed by atoms with van der Waals surface area (Å²) < 4.78 is 10.7. The zero-order chi connectivity index (χ0) is 14.4. The van der Waals surface area contributed by atoms with Gasteiger partial charge < -0.3 is 14.4 Å². The first kappa shape index (κ1) is 14.9. The first-order chi connectivity index (χ1) is 9.70. The average Bonchev–Trinajstić information content (AvgIpc) is 2.48. The molecule has 1 aliphatic rings. The number of para-hydroxylation sites is 1. The Labute approximate surface area is 120 Å². The van der Waals surface area contributed by atoms with Crippen molar-refractivity contribution in [3.05, 3.63) is 29.8 Å². The molecule has 0 radical (unpaired) electrons. The molecule has 1 aromatic rings. The van der Waals surface area contributed by atoms with Gasteiger partial charge in [-0.15, -0.1) is 0 Å². The van der Waals surface area contributed by atoms with E-state index in [-0.39, 0.29) is 12.1 Å². The minimum absolute atomic E-state index is 0.0690. The fraction of sp³-hybridized carbons (Fsp3) is 0.562. The molecule has 4 nitrogen and oxygen atoms in total. The lowest BCUT2D eigenvalue weighted by molar-refractivity contribution is -0.907. The number of piperidine rings is 1. The number of nitrogens with one attached hydrogen (secondary N) is 1. The number of carbonyl (C=O) groups is 1. The number of hydrogen-bond acceptors (Lipinski definition) is 3. The van der Waals surface area contributed by atoms with Crippen LogP contribution >= 0.6 is 0 Å². The van der Waals surface area contributed by atoms with E-state index >= 15 is 0 Å². The van der Waals surface area contributed by atoms with Crippen molar-refractivity contribution in [2.24, 2.45) is 0 Å². The van der Waals surface area contributed by atoms with E-state index in [4.69, 9.17) is 9.47 Å². The van der Waals surface area contributed by atoms with Crippen LogP contribution in [-0.4, -0.2) is 38.8 Å². The van der Waals surface area contributed by atoms with Crippen molar-refractivity contribution >= 4 is 5.97 Å². The third-order valence-corrected chi connectivity index (χ3v) is 3.77. The van der Waals surface area contributed by atoms with Crippen LogP contribution in [0.15, 0.2) is 24.3 Å². The summed E-state index contributed by atoms with van der Waals surface area (Å²) in [6, 6.07) is 7.18. The topological polar surface area (TPSA) is 40.0 Å². The van der Waals surface area contributed by atoms with Gasteiger partial charge in [-0.2, -0.15) is 0 Å². The highest BCUT2D eigenvalue weighted by Crippen LogP contribution is 2.18. The number of esters is 1. The smallest absolute Gasteiger partial charge is 0.342 e. The van der Waals surface area contributed by atoms with E-state index in [0.29, 0.717) is 11.3 Å². The van der Waals surface area contributed by atoms with Gasteiger partial charge in [-0.3, -0.25) is 0 Å². The predicted octanol–water partition coefficient (Wildman–Crippen LogP) is 1.31. The Kier molecular flexibility index (Phi) is 5.41. The second-order valence-electron chi connectivity index (χ2n) is 5.43. The SMILES string of the molecule is COc1ccccc1C(=O)O[C@@H](C)C[NH+]1CCCCC1. The van der Waals surface area contributed by atoms with Crippen LogP contribution in [0.1, 0.15) is 36.5 Å². The molecule has 1 saturated heterocycles. The highest BCUT2D eigenvalue weighted by molar-refractivity contribution is 5.92. The Morgan fingerprint density at radius 2 is 1.95 bits per heavy atom. The molecule has 0 unspecified atom stereocenters. The van der Waals surface area contributed by atoms with Gasteiger partial charge in [0.15, 0.2) is 0 Å². The molecule has 1 aromatic carbocycles. The lowest BCUT2D eigenvalue weighted by Crippen LogP contribution is -3.13. The van der Waals surface area contributed by atoms with Crippen molar-refractivity contribution in [1.82, 2.24) is 0 Å². The number of rotatable bonds is 5. The molecule has 20 heavy (non-hydrogen) atoms. The molecule has 0 aromatic heterocycles. The van der Waals surface area contributed by atoms with Crippen molar-refractivity contribution in [2.75, 3.05) is 26.7 Å². The molecular weight excluding hydrogens is 254 g/mol. The summed E-state index contributed by atoms with van der Waals surface area (Å²) in [4.78, 5) is 13.7. The highest BCUT2D eigenvalue weighted by atomic mass is 16.5. The molecule has 0 saturated carbocycles. The number of quaternary nitrogens is 1. The molecule has 1 N–H and O–H groups in total. The first-order valence-corrected chi connectivity index (χ1v) is 7.38. The molecule has 110 valence electrons. The number of hydrogen-bond donors (Lipinski definition) is 1. The number of ether oxygens (including phenoxy) is 2. The largest absolute Gasteiger partial charge is 0.496 e. The zero-order valence-corrected chi connectivity index (χ0v) is 12.4. The fourth-order valence-electron chi connectivity index (χ4n) is 2.76. The van der Waals surface area contributed by atoms with Crippen molar-refractivity contribution in [3.63, 3.8) is 0 Å². The van der Waals surface area contributed by atoms with Gasteiger partial charge in [0.05, 0.1) is 20.2 Å². The van der Waals surface area contributed by atoms with Crippen LogP contribution in [-0.2, 0) is 4.74 Å². The van der Waals surface area contributed by atoms with Gasteiger partial charge in [0.25, 0.3) is 0 Å². The maximum absolute atomic E-state index is 12.2. The van der Waals surface area contributed by atoms with Gasteiger partial charge in [0.1, 0.15) is 24.0 Å². The van der Waals surface area contributed by atoms with Crippen LogP contribution in [0, 0.1) is 0 Å². The molecule has 2 rings (SSSR count). The second kappa shape index (κ2) is 7.29. The summed E-state index contributed by atoms with van der Waals surface area (Å²) in [5.74, 6) is 0.265. The van der Waals surface area contributed by atoms with E-state index in [1.54, 1.807) is 19.2 Å². The van der Waals surface area contributed by atoms with Crippen molar-refractivity contribution in [1.29, 1.82) is 0 Å². The molecule has 0 bridgehead atoms. The molecule has 4 heteroatoms. The number of likely N-dealkylation sites (tertiary alicyclic amines) is 1. The Hall–Kier alpha value is -1.55. The number of benzene rings is 1. The normalized spacial score (nSPS) is 17.5. The number of methoxy groups -OCH3 is 1. The summed E-state index contributed by atoms with van der Waals surface area (Å²) in [5.41, 5.74) is 0.496. The summed E-state index contributed by atoms with van der Waals surface area (Å²) in [5, 5.41) is 0. The van der Waals surface area contributed by atoms with E-state index in [9.17, 15) is 4.79 Å². The van der Waals surface area contributed by atoms with Crippen LogP contribution in [0.5, 0.6) is 5.75 Å². The Morgan fingerprint density at radius 3 is 2.65 bits per heavy atom. The number of carbonyl (C=O) groups excluding carboxylic acids is 1. The quantitative estimate of drug-likeness (QED) is 0.826. The van der Waals surface area contributed by atoms with Gasteiger partial charge >= 0.3 is 5.97 Å². The Morgan fingerprint density at radius 1 is 1.25 bits per heavy atom. The Balaban J connectivity index is 1.89. The van der Waals surface area contributed by atoms with Gasteiger partial charge in [0.2, 0.25) is 0 Å². The lowest BCUT2D eigenvalue weighted by Gasteiger charge is -2.26. The summed E-state index contributed by atoms with van der Waals surface area (Å²) >= 11 is 0. The second-order valence-corrected chi connectivity index (χ2v) is 5.43. The minimum Gasteiger partial charge on any atom is -0.496 e. The van der Waals surface area contributed by atoms with Gasteiger partial charge in [0, 0.05) is 0 Å². The van der Waals surface area contributed by atoms with E-state index in [0.717, 1.165) is 6.54 Å². The third kappa shape index (κ3) is 3.97. The van der Waals surface area contributed by atoms with E-state index in [1.165, 1.54) is 37.3 Å². The summed E-state index contributed by atoms with van der Waals surface area (Å²) in [6.45, 7) is 5.24. The molecule has 1 heterocycles. The summed E-state index contributed by atoms with van der Waals surface area (Å²) in [6.07, 6.45) is 3.82. The van der Waals surface area contributed by atoms with Crippen molar-refractivity contribution < 1.29 is 19.2 Å². The maximum atomic E-state index is 12.2.